The van der Waals surface area contributed by atoms with Crippen molar-refractivity contribution in [2.75, 3.05) is 0 Å². The fraction of sp³-hybridized carbons (Fsp3) is 0.250. The maximum Gasteiger partial charge on any atom is 0.128 e. The lowest BCUT2D eigenvalue weighted by molar-refractivity contribution is 0.620. The first-order valence-corrected chi connectivity index (χ1v) is 4.79. The summed E-state index contributed by atoms with van der Waals surface area (Å²) in [5.41, 5.74) is 1.37. The summed E-state index contributed by atoms with van der Waals surface area (Å²) in [7, 11) is 0. The Kier molecular flexibility index (Phi) is 3.57. The van der Waals surface area contributed by atoms with Gasteiger partial charge in [-0.2, -0.15) is 0 Å². The first kappa shape index (κ1) is 10.6. The van der Waals surface area contributed by atoms with Crippen LogP contribution >= 0.6 is 0 Å². The van der Waals surface area contributed by atoms with Gasteiger partial charge < -0.3 is 0 Å². The molecule has 0 aliphatic rings. The molecular formula is C12H14FN. The molecule has 0 amide bonds. The summed E-state index contributed by atoms with van der Waals surface area (Å²) < 4.78 is 13.0. The number of aromatic nitrogens is 1. The van der Waals surface area contributed by atoms with Gasteiger partial charge in [0.05, 0.1) is 5.52 Å². The lowest BCUT2D eigenvalue weighted by Crippen LogP contribution is -1.86. The van der Waals surface area contributed by atoms with Gasteiger partial charge in [-0.15, -0.1) is 0 Å². The minimum absolute atomic E-state index is 0.193. The topological polar surface area (TPSA) is 12.9 Å². The van der Waals surface area contributed by atoms with E-state index in [0.29, 0.717) is 5.56 Å². The average molecular weight is 191 g/mol. The molecule has 2 heteroatoms. The quantitative estimate of drug-likeness (QED) is 0.618. The number of rotatable bonds is 0. The highest BCUT2D eigenvalue weighted by Gasteiger charge is 2.01. The van der Waals surface area contributed by atoms with Gasteiger partial charge in [0.15, 0.2) is 0 Å². The van der Waals surface area contributed by atoms with Crippen LogP contribution in [0.3, 0.4) is 0 Å². The molecule has 14 heavy (non-hydrogen) atoms. The van der Waals surface area contributed by atoms with Crippen LogP contribution in [0.5, 0.6) is 0 Å². The Labute approximate surface area is 83.6 Å². The molecular weight excluding hydrogens is 177 g/mol. The fourth-order valence-corrected chi connectivity index (χ4v) is 1.27. The summed E-state index contributed by atoms with van der Waals surface area (Å²) in [5, 5.41) is 0.983. The normalized spacial score (nSPS) is 9.43. The molecule has 0 saturated carbocycles. The van der Waals surface area contributed by atoms with Crippen molar-refractivity contribution in [2.45, 2.75) is 20.8 Å². The van der Waals surface area contributed by atoms with E-state index in [1.54, 1.807) is 19.2 Å². The monoisotopic (exact) mass is 191 g/mol. The number of pyridine rings is 1. The number of hydrogen-bond donors (Lipinski definition) is 0. The van der Waals surface area contributed by atoms with Gasteiger partial charge in [0.25, 0.3) is 0 Å². The van der Waals surface area contributed by atoms with Gasteiger partial charge >= 0.3 is 0 Å². The number of nitrogens with zero attached hydrogens (tertiary/aromatic N) is 1. The van der Waals surface area contributed by atoms with Gasteiger partial charge in [0.2, 0.25) is 0 Å². The second kappa shape index (κ2) is 4.70. The van der Waals surface area contributed by atoms with Crippen LogP contribution < -0.4 is 0 Å². The van der Waals surface area contributed by atoms with Crippen LogP contribution in [-0.4, -0.2) is 4.98 Å². The van der Waals surface area contributed by atoms with E-state index in [-0.39, 0.29) is 5.82 Å². The van der Waals surface area contributed by atoms with Crippen molar-refractivity contribution in [2.24, 2.45) is 0 Å². The zero-order chi connectivity index (χ0) is 10.6. The second-order valence-corrected chi connectivity index (χ2v) is 2.75. The smallest absolute Gasteiger partial charge is 0.128 e. The van der Waals surface area contributed by atoms with E-state index >= 15 is 0 Å². The Morgan fingerprint density at radius 1 is 1.14 bits per heavy atom. The molecule has 0 N–H and O–H groups in total. The van der Waals surface area contributed by atoms with Gasteiger partial charge in [-0.25, -0.2) is 4.39 Å². The Morgan fingerprint density at radius 2 is 1.86 bits per heavy atom. The van der Waals surface area contributed by atoms with Gasteiger partial charge in [0, 0.05) is 17.1 Å². The lowest BCUT2D eigenvalue weighted by Gasteiger charge is -2.00. The third kappa shape index (κ3) is 1.90. The molecule has 0 aliphatic carbocycles. The molecule has 0 spiro atoms. The third-order valence-corrected chi connectivity index (χ3v) is 1.96. The van der Waals surface area contributed by atoms with E-state index < -0.39 is 0 Å². The summed E-state index contributed by atoms with van der Waals surface area (Å²) >= 11 is 0. The van der Waals surface area contributed by atoms with Crippen molar-refractivity contribution in [3.63, 3.8) is 0 Å². The van der Waals surface area contributed by atoms with Crippen molar-refractivity contribution in [1.29, 1.82) is 0 Å². The van der Waals surface area contributed by atoms with Crippen LogP contribution in [-0.2, 0) is 0 Å². The number of fused-ring (bicyclic) bond motifs is 1. The van der Waals surface area contributed by atoms with Gasteiger partial charge in [-0.05, 0) is 25.1 Å². The average Bonchev–Trinajstić information content (AvgIpc) is 2.27. The van der Waals surface area contributed by atoms with E-state index in [1.165, 1.54) is 6.07 Å². The Hall–Kier alpha value is -1.44. The molecule has 2 aromatic rings. The highest BCUT2D eigenvalue weighted by molar-refractivity contribution is 5.81. The third-order valence-electron chi connectivity index (χ3n) is 1.96. The zero-order valence-corrected chi connectivity index (χ0v) is 8.71. The Morgan fingerprint density at radius 3 is 2.57 bits per heavy atom. The molecule has 0 saturated heterocycles. The van der Waals surface area contributed by atoms with Gasteiger partial charge in [0.1, 0.15) is 5.82 Å². The molecule has 0 aliphatic heterocycles. The highest BCUT2D eigenvalue weighted by atomic mass is 19.1. The summed E-state index contributed by atoms with van der Waals surface area (Å²) in [6.07, 6.45) is 1.68. The van der Waals surface area contributed by atoms with Crippen LogP contribution in [0.2, 0.25) is 0 Å². The molecule has 0 fully saturated rings. The minimum atomic E-state index is -0.193. The number of hydrogen-bond acceptors (Lipinski definition) is 1. The molecule has 1 heterocycles. The predicted octanol–water partition coefficient (Wildman–Crippen LogP) is 3.71. The first-order chi connectivity index (χ1) is 6.79. The Bertz CT molecular complexity index is 424. The molecule has 1 aromatic heterocycles. The molecule has 0 atom stereocenters. The van der Waals surface area contributed by atoms with Crippen molar-refractivity contribution in [3.05, 3.63) is 41.8 Å². The Balaban J connectivity index is 0.000000461. The van der Waals surface area contributed by atoms with E-state index in [2.05, 4.69) is 4.98 Å². The second-order valence-electron chi connectivity index (χ2n) is 2.75. The molecule has 0 bridgehead atoms. The van der Waals surface area contributed by atoms with Crippen LogP contribution in [0.1, 0.15) is 19.4 Å². The summed E-state index contributed by atoms with van der Waals surface area (Å²) in [4.78, 5) is 4.10. The maximum atomic E-state index is 13.0. The van der Waals surface area contributed by atoms with Crippen LogP contribution in [0.4, 0.5) is 4.39 Å². The lowest BCUT2D eigenvalue weighted by atomic mass is 10.1. The van der Waals surface area contributed by atoms with E-state index in [4.69, 9.17) is 0 Å². The number of halogens is 1. The van der Waals surface area contributed by atoms with E-state index in [0.717, 1.165) is 10.9 Å². The van der Waals surface area contributed by atoms with Gasteiger partial charge in [-0.1, -0.05) is 19.9 Å². The maximum absolute atomic E-state index is 13.0. The number of aryl methyl sites for hydroxylation is 1. The van der Waals surface area contributed by atoms with Crippen molar-refractivity contribution in [3.8, 4) is 0 Å². The molecule has 1 nitrogen and oxygen atoms in total. The summed E-state index contributed by atoms with van der Waals surface area (Å²) in [6, 6.07) is 6.98. The molecule has 2 rings (SSSR count). The standard InChI is InChI=1S/C10H8FN.C2H6/c1-7-9(11)5-4-8-3-2-6-12-10(7)8;1-2/h2-6H,1H3;1-2H3. The van der Waals surface area contributed by atoms with E-state index in [9.17, 15) is 4.39 Å². The molecule has 74 valence electrons. The van der Waals surface area contributed by atoms with Crippen molar-refractivity contribution < 1.29 is 4.39 Å². The summed E-state index contributed by atoms with van der Waals surface area (Å²) in [5.74, 6) is -0.193. The molecule has 0 radical (unpaired) electrons. The highest BCUT2D eigenvalue weighted by Crippen LogP contribution is 2.17. The molecule has 1 aromatic carbocycles. The van der Waals surface area contributed by atoms with Gasteiger partial charge in [-0.3, -0.25) is 4.98 Å². The van der Waals surface area contributed by atoms with E-state index in [1.807, 2.05) is 26.0 Å². The first-order valence-electron chi connectivity index (χ1n) is 4.79. The minimum Gasteiger partial charge on any atom is -0.256 e. The van der Waals surface area contributed by atoms with Crippen LogP contribution in [0.15, 0.2) is 30.5 Å². The van der Waals surface area contributed by atoms with Crippen LogP contribution in [0.25, 0.3) is 10.9 Å². The fourth-order valence-electron chi connectivity index (χ4n) is 1.27. The van der Waals surface area contributed by atoms with Crippen molar-refractivity contribution in [1.82, 2.24) is 4.98 Å². The number of benzene rings is 1. The SMILES string of the molecule is CC.Cc1c(F)ccc2cccnc12. The summed E-state index contributed by atoms with van der Waals surface area (Å²) in [6.45, 7) is 5.74. The zero-order valence-electron chi connectivity index (χ0n) is 8.71. The molecule has 0 unspecified atom stereocenters. The van der Waals surface area contributed by atoms with Crippen LogP contribution in [0, 0.1) is 12.7 Å². The predicted molar refractivity (Wildman–Crippen MR) is 57.8 cm³/mol. The van der Waals surface area contributed by atoms with Crippen molar-refractivity contribution >= 4 is 10.9 Å². The largest absolute Gasteiger partial charge is 0.256 e.